The molecule has 1 fully saturated rings. The van der Waals surface area contributed by atoms with E-state index in [2.05, 4.69) is 10.3 Å². The molecule has 0 unspecified atom stereocenters. The zero-order valence-electron chi connectivity index (χ0n) is 12.3. The van der Waals surface area contributed by atoms with Crippen LogP contribution in [-0.4, -0.2) is 67.3 Å². The second kappa shape index (κ2) is 6.12. The molecule has 2 rings (SSSR count). The SMILES string of the molecule is CN(C)S(=O)(=O)C[C@@H]1COC[C@@H]1NC(=O)c1cn(C)cn1. The molecule has 1 N–H and O–H groups in total. The number of aryl methyl sites for hydroxylation is 1. The number of carbonyl (C=O) groups excluding carboxylic acids is 1. The van der Waals surface area contributed by atoms with E-state index in [-0.39, 0.29) is 23.6 Å². The quantitative estimate of drug-likeness (QED) is 0.756. The average molecular weight is 316 g/mol. The lowest BCUT2D eigenvalue weighted by Crippen LogP contribution is -2.43. The molecule has 0 spiro atoms. The summed E-state index contributed by atoms with van der Waals surface area (Å²) in [5.41, 5.74) is 0.304. The highest BCUT2D eigenvalue weighted by Gasteiger charge is 2.34. The molecule has 1 aromatic heterocycles. The van der Waals surface area contributed by atoms with Crippen molar-refractivity contribution in [1.29, 1.82) is 0 Å². The molecule has 0 aliphatic carbocycles. The van der Waals surface area contributed by atoms with Crippen molar-refractivity contribution in [2.24, 2.45) is 13.0 Å². The second-order valence-electron chi connectivity index (χ2n) is 5.36. The third-order valence-electron chi connectivity index (χ3n) is 3.43. The number of hydrogen-bond acceptors (Lipinski definition) is 5. The predicted molar refractivity (Wildman–Crippen MR) is 76.2 cm³/mol. The van der Waals surface area contributed by atoms with Crippen LogP contribution in [0.1, 0.15) is 10.5 Å². The summed E-state index contributed by atoms with van der Waals surface area (Å²) in [7, 11) is 1.43. The first-order chi connectivity index (χ1) is 9.79. The van der Waals surface area contributed by atoms with Gasteiger partial charge >= 0.3 is 0 Å². The summed E-state index contributed by atoms with van der Waals surface area (Å²) in [5.74, 6) is -0.629. The Morgan fingerprint density at radius 2 is 2.24 bits per heavy atom. The average Bonchev–Trinajstić information content (AvgIpc) is 2.99. The van der Waals surface area contributed by atoms with Crippen LogP contribution >= 0.6 is 0 Å². The Kier molecular flexibility index (Phi) is 4.64. The maximum Gasteiger partial charge on any atom is 0.271 e. The standard InChI is InChI=1S/C12H20N4O4S/c1-15(2)21(18,19)7-9-5-20-6-11(9)14-12(17)10-4-16(3)8-13-10/h4,8-9,11H,5-7H2,1-3H3,(H,14,17)/t9-,11-/m0/s1. The van der Waals surface area contributed by atoms with Gasteiger partial charge in [0.15, 0.2) is 0 Å². The van der Waals surface area contributed by atoms with Gasteiger partial charge in [-0.05, 0) is 0 Å². The Bertz CT molecular complexity index is 611. The van der Waals surface area contributed by atoms with Crippen molar-refractivity contribution in [3.63, 3.8) is 0 Å². The van der Waals surface area contributed by atoms with E-state index in [1.54, 1.807) is 17.8 Å². The van der Waals surface area contributed by atoms with Crippen molar-refractivity contribution >= 4 is 15.9 Å². The fourth-order valence-electron chi connectivity index (χ4n) is 2.11. The molecule has 1 aromatic rings. The topological polar surface area (TPSA) is 93.5 Å². The van der Waals surface area contributed by atoms with E-state index in [1.165, 1.54) is 24.7 Å². The maximum absolute atomic E-state index is 12.1. The Morgan fingerprint density at radius 1 is 1.52 bits per heavy atom. The van der Waals surface area contributed by atoms with Gasteiger partial charge in [-0.25, -0.2) is 17.7 Å². The molecule has 2 heterocycles. The monoisotopic (exact) mass is 316 g/mol. The second-order valence-corrected chi connectivity index (χ2v) is 7.59. The molecule has 1 aliphatic heterocycles. The number of sulfonamides is 1. The van der Waals surface area contributed by atoms with Gasteiger partial charge in [0.1, 0.15) is 5.69 Å². The van der Waals surface area contributed by atoms with E-state index >= 15 is 0 Å². The van der Waals surface area contributed by atoms with Gasteiger partial charge in [-0.1, -0.05) is 0 Å². The van der Waals surface area contributed by atoms with Gasteiger partial charge in [-0.3, -0.25) is 4.79 Å². The molecule has 21 heavy (non-hydrogen) atoms. The van der Waals surface area contributed by atoms with Crippen LogP contribution in [0.2, 0.25) is 0 Å². The highest BCUT2D eigenvalue weighted by Crippen LogP contribution is 2.17. The van der Waals surface area contributed by atoms with E-state index in [1.807, 2.05) is 0 Å². The summed E-state index contributed by atoms with van der Waals surface area (Å²) in [5, 5.41) is 2.80. The molecule has 2 atom stereocenters. The number of hydrogen-bond donors (Lipinski definition) is 1. The number of aromatic nitrogens is 2. The molecule has 118 valence electrons. The molecule has 0 saturated carbocycles. The van der Waals surface area contributed by atoms with Gasteiger partial charge < -0.3 is 14.6 Å². The largest absolute Gasteiger partial charge is 0.379 e. The van der Waals surface area contributed by atoms with Crippen LogP contribution in [0.15, 0.2) is 12.5 Å². The number of amides is 1. The summed E-state index contributed by atoms with van der Waals surface area (Å²) in [6.45, 7) is 0.631. The Balaban J connectivity index is 2.01. The van der Waals surface area contributed by atoms with Crippen LogP contribution in [-0.2, 0) is 21.8 Å². The number of ether oxygens (including phenoxy) is 1. The summed E-state index contributed by atoms with van der Waals surface area (Å²) in [6, 6.07) is -0.325. The fourth-order valence-corrected chi connectivity index (χ4v) is 3.28. The van der Waals surface area contributed by atoms with Gasteiger partial charge in [-0.15, -0.1) is 0 Å². The smallest absolute Gasteiger partial charge is 0.271 e. The lowest BCUT2D eigenvalue weighted by atomic mass is 10.1. The van der Waals surface area contributed by atoms with E-state index in [0.29, 0.717) is 18.9 Å². The summed E-state index contributed by atoms with van der Waals surface area (Å²) in [6.07, 6.45) is 3.14. The molecule has 1 amide bonds. The molecular weight excluding hydrogens is 296 g/mol. The van der Waals surface area contributed by atoms with Crippen molar-refractivity contribution in [1.82, 2.24) is 19.2 Å². The van der Waals surface area contributed by atoms with Gasteiger partial charge in [0.25, 0.3) is 5.91 Å². The summed E-state index contributed by atoms with van der Waals surface area (Å²) in [4.78, 5) is 16.0. The van der Waals surface area contributed by atoms with Crippen molar-refractivity contribution in [2.45, 2.75) is 6.04 Å². The van der Waals surface area contributed by atoms with Crippen LogP contribution in [0, 0.1) is 5.92 Å². The van der Waals surface area contributed by atoms with E-state index in [0.717, 1.165) is 0 Å². The first-order valence-corrected chi connectivity index (χ1v) is 8.17. The third-order valence-corrected chi connectivity index (χ3v) is 5.40. The highest BCUT2D eigenvalue weighted by atomic mass is 32.2. The zero-order valence-corrected chi connectivity index (χ0v) is 13.1. The minimum absolute atomic E-state index is 0.0484. The Hall–Kier alpha value is -1.45. The normalized spacial score (nSPS) is 22.7. The van der Waals surface area contributed by atoms with Crippen molar-refractivity contribution in [3.05, 3.63) is 18.2 Å². The van der Waals surface area contributed by atoms with Crippen molar-refractivity contribution in [3.8, 4) is 0 Å². The number of nitrogens with one attached hydrogen (secondary N) is 1. The van der Waals surface area contributed by atoms with Crippen LogP contribution < -0.4 is 5.32 Å². The van der Waals surface area contributed by atoms with E-state index in [4.69, 9.17) is 4.74 Å². The molecule has 0 radical (unpaired) electrons. The molecule has 8 nitrogen and oxygen atoms in total. The van der Waals surface area contributed by atoms with Crippen LogP contribution in [0.25, 0.3) is 0 Å². The van der Waals surface area contributed by atoms with Gasteiger partial charge in [0.05, 0.1) is 31.3 Å². The highest BCUT2D eigenvalue weighted by molar-refractivity contribution is 7.89. The molecule has 1 saturated heterocycles. The molecule has 0 aromatic carbocycles. The maximum atomic E-state index is 12.1. The van der Waals surface area contributed by atoms with Crippen LogP contribution in [0.5, 0.6) is 0 Å². The number of nitrogens with zero attached hydrogens (tertiary/aromatic N) is 3. The number of rotatable bonds is 5. The molecule has 0 bridgehead atoms. The summed E-state index contributed by atoms with van der Waals surface area (Å²) < 4.78 is 32.0. The Labute approximate surface area is 124 Å². The number of carbonyl (C=O) groups is 1. The van der Waals surface area contributed by atoms with Crippen molar-refractivity contribution < 1.29 is 17.9 Å². The molecule has 1 aliphatic rings. The van der Waals surface area contributed by atoms with Crippen LogP contribution in [0.4, 0.5) is 0 Å². The number of imidazole rings is 1. The lowest BCUT2D eigenvalue weighted by Gasteiger charge is -2.20. The third kappa shape index (κ3) is 3.80. The predicted octanol–water partition coefficient (Wildman–Crippen LogP) is -0.944. The fraction of sp³-hybridized carbons (Fsp3) is 0.667. The molecular formula is C12H20N4O4S. The van der Waals surface area contributed by atoms with Gasteiger partial charge in [0, 0.05) is 33.3 Å². The van der Waals surface area contributed by atoms with E-state index in [9.17, 15) is 13.2 Å². The lowest BCUT2D eigenvalue weighted by molar-refractivity contribution is 0.0921. The summed E-state index contributed by atoms with van der Waals surface area (Å²) >= 11 is 0. The van der Waals surface area contributed by atoms with Crippen molar-refractivity contribution in [2.75, 3.05) is 33.1 Å². The van der Waals surface area contributed by atoms with Crippen LogP contribution in [0.3, 0.4) is 0 Å². The minimum atomic E-state index is -3.33. The Morgan fingerprint density at radius 3 is 2.81 bits per heavy atom. The van der Waals surface area contributed by atoms with Gasteiger partial charge in [0.2, 0.25) is 10.0 Å². The van der Waals surface area contributed by atoms with Gasteiger partial charge in [-0.2, -0.15) is 0 Å². The first-order valence-electron chi connectivity index (χ1n) is 6.56. The minimum Gasteiger partial charge on any atom is -0.379 e. The van der Waals surface area contributed by atoms with E-state index < -0.39 is 10.0 Å². The zero-order chi connectivity index (χ0) is 15.6. The first kappa shape index (κ1) is 15.9. The molecule has 9 heteroatoms.